The van der Waals surface area contributed by atoms with E-state index in [1.54, 1.807) is 13.0 Å². The molecule has 0 aliphatic carbocycles. The van der Waals surface area contributed by atoms with Gasteiger partial charge in [0.05, 0.1) is 11.3 Å². The van der Waals surface area contributed by atoms with Crippen LogP contribution in [0.3, 0.4) is 0 Å². The first-order chi connectivity index (χ1) is 13.6. The maximum Gasteiger partial charge on any atom is 0.242 e. The molecule has 0 aromatic heterocycles. The van der Waals surface area contributed by atoms with E-state index in [1.807, 2.05) is 37.3 Å². The van der Waals surface area contributed by atoms with Gasteiger partial charge in [0, 0.05) is 32.7 Å². The second kappa shape index (κ2) is 9.67. The topological polar surface area (TPSA) is 95.6 Å². The number of hydrogen-bond acceptors (Lipinski definition) is 4. The molecule has 0 unspecified atom stereocenters. The Kier molecular flexibility index (Phi) is 7.53. The van der Waals surface area contributed by atoms with Gasteiger partial charge in [-0.3, -0.25) is 9.59 Å². The molecule has 0 fully saturated rings. The SMILES string of the molecule is Cc1cc(S(=O)(=O)N(C)C)cc(NC(=O)CCNC(=O)Cc2ccccc2)c1C. The summed E-state index contributed by atoms with van der Waals surface area (Å²) < 4.78 is 25.9. The largest absolute Gasteiger partial charge is 0.355 e. The highest BCUT2D eigenvalue weighted by Gasteiger charge is 2.20. The van der Waals surface area contributed by atoms with Gasteiger partial charge in [-0.05, 0) is 42.7 Å². The zero-order valence-electron chi connectivity index (χ0n) is 17.2. The van der Waals surface area contributed by atoms with Gasteiger partial charge >= 0.3 is 0 Å². The zero-order valence-corrected chi connectivity index (χ0v) is 18.0. The normalized spacial score (nSPS) is 11.3. The Labute approximate surface area is 172 Å². The molecule has 0 saturated carbocycles. The molecule has 156 valence electrons. The maximum atomic E-state index is 12.4. The Bertz CT molecular complexity index is 986. The van der Waals surface area contributed by atoms with Crippen LogP contribution in [0.15, 0.2) is 47.4 Å². The van der Waals surface area contributed by atoms with Crippen molar-refractivity contribution in [3.8, 4) is 0 Å². The summed E-state index contributed by atoms with van der Waals surface area (Å²) in [7, 11) is -0.689. The highest BCUT2D eigenvalue weighted by atomic mass is 32.2. The Morgan fingerprint density at radius 1 is 1.00 bits per heavy atom. The third kappa shape index (κ3) is 6.13. The van der Waals surface area contributed by atoms with Gasteiger partial charge in [-0.25, -0.2) is 12.7 Å². The first-order valence-electron chi connectivity index (χ1n) is 9.25. The standard InChI is InChI=1S/C21H27N3O4S/c1-15-12-18(29(27,28)24(3)4)14-19(16(15)2)23-20(25)10-11-22-21(26)13-17-8-6-5-7-9-17/h5-9,12,14H,10-11,13H2,1-4H3,(H,22,26)(H,23,25). The quantitative estimate of drug-likeness (QED) is 0.689. The van der Waals surface area contributed by atoms with Crippen LogP contribution in [-0.4, -0.2) is 45.2 Å². The summed E-state index contributed by atoms with van der Waals surface area (Å²) in [6.07, 6.45) is 0.342. The molecular formula is C21H27N3O4S. The minimum atomic E-state index is -3.61. The van der Waals surface area contributed by atoms with Crippen LogP contribution >= 0.6 is 0 Å². The minimum Gasteiger partial charge on any atom is -0.355 e. The van der Waals surface area contributed by atoms with E-state index in [4.69, 9.17) is 0 Å². The van der Waals surface area contributed by atoms with Crippen molar-refractivity contribution in [2.45, 2.75) is 31.6 Å². The highest BCUT2D eigenvalue weighted by Crippen LogP contribution is 2.25. The molecule has 0 saturated heterocycles. The monoisotopic (exact) mass is 417 g/mol. The lowest BCUT2D eigenvalue weighted by atomic mass is 10.1. The van der Waals surface area contributed by atoms with Crippen LogP contribution in [0.5, 0.6) is 0 Å². The molecule has 0 heterocycles. The molecule has 8 heteroatoms. The Balaban J connectivity index is 1.96. The third-order valence-corrected chi connectivity index (χ3v) is 6.37. The van der Waals surface area contributed by atoms with Crippen LogP contribution in [0, 0.1) is 13.8 Å². The van der Waals surface area contributed by atoms with Crippen LogP contribution in [0.1, 0.15) is 23.1 Å². The van der Waals surface area contributed by atoms with Crippen LogP contribution in [-0.2, 0) is 26.0 Å². The van der Waals surface area contributed by atoms with Crippen molar-refractivity contribution in [3.63, 3.8) is 0 Å². The van der Waals surface area contributed by atoms with Crippen molar-refractivity contribution in [3.05, 3.63) is 59.2 Å². The lowest BCUT2D eigenvalue weighted by Crippen LogP contribution is -2.29. The molecule has 0 bridgehead atoms. The van der Waals surface area contributed by atoms with Gasteiger partial charge in [0.2, 0.25) is 21.8 Å². The van der Waals surface area contributed by atoms with E-state index < -0.39 is 10.0 Å². The third-order valence-electron chi connectivity index (χ3n) is 4.58. The smallest absolute Gasteiger partial charge is 0.242 e. The molecular weight excluding hydrogens is 390 g/mol. The van der Waals surface area contributed by atoms with Crippen LogP contribution in [0.4, 0.5) is 5.69 Å². The summed E-state index contributed by atoms with van der Waals surface area (Å²) in [6.45, 7) is 3.81. The van der Waals surface area contributed by atoms with Crippen LogP contribution in [0.2, 0.25) is 0 Å². The van der Waals surface area contributed by atoms with E-state index in [9.17, 15) is 18.0 Å². The van der Waals surface area contributed by atoms with Gasteiger partial charge < -0.3 is 10.6 Å². The fourth-order valence-electron chi connectivity index (χ4n) is 2.69. The number of aryl methyl sites for hydroxylation is 1. The number of benzene rings is 2. The summed E-state index contributed by atoms with van der Waals surface area (Å²) in [6, 6.07) is 12.4. The van der Waals surface area contributed by atoms with Gasteiger partial charge in [-0.1, -0.05) is 30.3 Å². The number of hydrogen-bond donors (Lipinski definition) is 2. The first-order valence-corrected chi connectivity index (χ1v) is 10.7. The summed E-state index contributed by atoms with van der Waals surface area (Å²) in [5.41, 5.74) is 2.91. The maximum absolute atomic E-state index is 12.4. The zero-order chi connectivity index (χ0) is 21.6. The van der Waals surface area contributed by atoms with Crippen molar-refractivity contribution in [1.82, 2.24) is 9.62 Å². The number of nitrogens with one attached hydrogen (secondary N) is 2. The molecule has 0 aliphatic rings. The molecule has 2 N–H and O–H groups in total. The number of amides is 2. The molecule has 0 aliphatic heterocycles. The molecule has 2 amide bonds. The summed E-state index contributed by atoms with van der Waals surface area (Å²) in [5.74, 6) is -0.456. The summed E-state index contributed by atoms with van der Waals surface area (Å²) >= 11 is 0. The highest BCUT2D eigenvalue weighted by molar-refractivity contribution is 7.89. The van der Waals surface area contributed by atoms with Crippen LogP contribution in [0.25, 0.3) is 0 Å². The Hall–Kier alpha value is -2.71. The number of anilines is 1. The molecule has 7 nitrogen and oxygen atoms in total. The minimum absolute atomic E-state index is 0.0870. The van der Waals surface area contributed by atoms with Gasteiger partial charge in [0.1, 0.15) is 0 Å². The van der Waals surface area contributed by atoms with E-state index >= 15 is 0 Å². The fourth-order valence-corrected chi connectivity index (χ4v) is 3.70. The average molecular weight is 418 g/mol. The van der Waals surface area contributed by atoms with Gasteiger partial charge in [-0.2, -0.15) is 0 Å². The van der Waals surface area contributed by atoms with Gasteiger partial charge in [0.25, 0.3) is 0 Å². The number of nitrogens with zero attached hydrogens (tertiary/aromatic N) is 1. The van der Waals surface area contributed by atoms with Gasteiger partial charge in [0.15, 0.2) is 0 Å². The number of carbonyl (C=O) groups is 2. The van der Waals surface area contributed by atoms with E-state index in [1.165, 1.54) is 20.2 Å². The molecule has 29 heavy (non-hydrogen) atoms. The van der Waals surface area contributed by atoms with Crippen molar-refractivity contribution in [2.75, 3.05) is 26.0 Å². The van der Waals surface area contributed by atoms with E-state index in [0.29, 0.717) is 5.69 Å². The molecule has 0 spiro atoms. The lowest BCUT2D eigenvalue weighted by Gasteiger charge is -2.16. The predicted molar refractivity (Wildman–Crippen MR) is 113 cm³/mol. The van der Waals surface area contributed by atoms with E-state index in [-0.39, 0.29) is 36.1 Å². The number of carbonyl (C=O) groups excluding carboxylic acids is 2. The van der Waals surface area contributed by atoms with Crippen molar-refractivity contribution >= 4 is 27.5 Å². The number of sulfonamides is 1. The van der Waals surface area contributed by atoms with E-state index in [2.05, 4.69) is 10.6 Å². The fraction of sp³-hybridized carbons (Fsp3) is 0.333. The molecule has 2 aromatic rings. The lowest BCUT2D eigenvalue weighted by molar-refractivity contribution is -0.120. The Morgan fingerprint density at radius 3 is 2.28 bits per heavy atom. The first kappa shape index (κ1) is 22.6. The average Bonchev–Trinajstić information content (AvgIpc) is 2.65. The number of rotatable bonds is 8. The Morgan fingerprint density at radius 2 is 1.66 bits per heavy atom. The molecule has 2 aromatic carbocycles. The molecule has 0 atom stereocenters. The van der Waals surface area contributed by atoms with Crippen molar-refractivity contribution < 1.29 is 18.0 Å². The van der Waals surface area contributed by atoms with Crippen LogP contribution < -0.4 is 10.6 Å². The van der Waals surface area contributed by atoms with E-state index in [0.717, 1.165) is 21.0 Å². The molecule has 2 rings (SSSR count). The molecule has 0 radical (unpaired) electrons. The second-order valence-corrected chi connectivity index (χ2v) is 9.16. The van der Waals surface area contributed by atoms with Gasteiger partial charge in [-0.15, -0.1) is 0 Å². The predicted octanol–water partition coefficient (Wildman–Crippen LogP) is 2.24. The summed E-state index contributed by atoms with van der Waals surface area (Å²) in [4.78, 5) is 24.4. The summed E-state index contributed by atoms with van der Waals surface area (Å²) in [5, 5.41) is 5.47. The van der Waals surface area contributed by atoms with Crippen molar-refractivity contribution in [1.29, 1.82) is 0 Å². The second-order valence-electron chi connectivity index (χ2n) is 7.01. The van der Waals surface area contributed by atoms with Crippen molar-refractivity contribution in [2.24, 2.45) is 0 Å².